The molecule has 0 fully saturated rings. The van der Waals surface area contributed by atoms with E-state index < -0.39 is 5.76 Å². The second-order valence-electron chi connectivity index (χ2n) is 4.02. The Morgan fingerprint density at radius 1 is 1.22 bits per heavy atom. The summed E-state index contributed by atoms with van der Waals surface area (Å²) in [4.78, 5) is 11.5. The first-order chi connectivity index (χ1) is 8.66. The smallest absolute Gasteiger partial charge is 0.406 e. The minimum absolute atomic E-state index is 0.412. The van der Waals surface area contributed by atoms with Crippen LogP contribution >= 0.6 is 11.6 Å². The van der Waals surface area contributed by atoms with Gasteiger partial charge >= 0.3 is 5.76 Å². The average Bonchev–Trinajstić information content (AvgIpc) is 2.68. The van der Waals surface area contributed by atoms with E-state index in [0.29, 0.717) is 16.1 Å². The Hall–Kier alpha value is -2.00. The Bertz CT molecular complexity index is 772. The maximum Gasteiger partial charge on any atom is 0.419 e. The molecule has 0 atom stereocenters. The average molecular weight is 259 g/mol. The first-order valence-electron chi connectivity index (χ1n) is 5.42. The van der Waals surface area contributed by atoms with Crippen LogP contribution in [0.3, 0.4) is 0 Å². The Labute approximate surface area is 108 Å². The molecule has 1 heterocycles. The van der Waals surface area contributed by atoms with E-state index in [1.807, 2.05) is 30.3 Å². The summed E-state index contributed by atoms with van der Waals surface area (Å²) in [5.41, 5.74) is 3.08. The Kier molecular flexibility index (Phi) is 2.49. The highest BCUT2D eigenvalue weighted by molar-refractivity contribution is 6.35. The lowest BCUT2D eigenvalue weighted by Gasteiger charge is -2.03. The number of oxazole rings is 1. The first kappa shape index (κ1) is 11.1. The van der Waals surface area contributed by atoms with E-state index in [2.05, 4.69) is 6.07 Å². The van der Waals surface area contributed by atoms with Crippen LogP contribution in [-0.4, -0.2) is 4.57 Å². The van der Waals surface area contributed by atoms with E-state index in [1.54, 1.807) is 13.1 Å². The lowest BCUT2D eigenvalue weighted by molar-refractivity contribution is 0.528. The van der Waals surface area contributed by atoms with E-state index in [0.717, 1.165) is 11.1 Å². The second-order valence-corrected chi connectivity index (χ2v) is 4.43. The van der Waals surface area contributed by atoms with Gasteiger partial charge in [-0.25, -0.2) is 4.79 Å². The van der Waals surface area contributed by atoms with Crippen molar-refractivity contribution in [3.63, 3.8) is 0 Å². The van der Waals surface area contributed by atoms with E-state index in [-0.39, 0.29) is 0 Å². The molecule has 4 heteroatoms. The Morgan fingerprint density at radius 3 is 2.67 bits per heavy atom. The zero-order valence-corrected chi connectivity index (χ0v) is 10.4. The topological polar surface area (TPSA) is 35.1 Å². The largest absolute Gasteiger partial charge is 0.419 e. The molecule has 89 valence electrons. The van der Waals surface area contributed by atoms with Crippen molar-refractivity contribution >= 4 is 22.7 Å². The SMILES string of the molecule is Cn1c(=O)oc2c(Cl)cc(-c3cc[c]cc3)cc21. The molecule has 3 aromatic rings. The number of aryl methyl sites for hydroxylation is 1. The summed E-state index contributed by atoms with van der Waals surface area (Å²) in [6.45, 7) is 0. The van der Waals surface area contributed by atoms with Gasteiger partial charge in [0.1, 0.15) is 0 Å². The highest BCUT2D eigenvalue weighted by Crippen LogP contribution is 2.29. The van der Waals surface area contributed by atoms with Gasteiger partial charge in [0.05, 0.1) is 10.5 Å². The molecule has 2 aromatic carbocycles. The van der Waals surface area contributed by atoms with Crippen molar-refractivity contribution in [2.24, 2.45) is 7.05 Å². The lowest BCUT2D eigenvalue weighted by Crippen LogP contribution is -2.08. The maximum absolute atomic E-state index is 11.5. The molecule has 0 spiro atoms. The Morgan fingerprint density at radius 2 is 1.94 bits per heavy atom. The van der Waals surface area contributed by atoms with Crippen LogP contribution in [0.2, 0.25) is 5.02 Å². The molecular weight excluding hydrogens is 250 g/mol. The summed E-state index contributed by atoms with van der Waals surface area (Å²) in [5, 5.41) is 0.438. The zero-order chi connectivity index (χ0) is 12.7. The number of benzene rings is 2. The van der Waals surface area contributed by atoms with Crippen LogP contribution < -0.4 is 5.76 Å². The lowest BCUT2D eigenvalue weighted by atomic mass is 10.1. The normalized spacial score (nSPS) is 11.0. The fraction of sp³-hybridized carbons (Fsp3) is 0.0714. The fourth-order valence-electron chi connectivity index (χ4n) is 1.93. The molecule has 3 nitrogen and oxygen atoms in total. The van der Waals surface area contributed by atoms with Crippen molar-refractivity contribution in [1.29, 1.82) is 0 Å². The molecule has 1 radical (unpaired) electrons. The third kappa shape index (κ3) is 1.64. The van der Waals surface area contributed by atoms with Crippen molar-refractivity contribution in [3.8, 4) is 11.1 Å². The predicted octanol–water partition coefficient (Wildman–Crippen LogP) is 3.25. The third-order valence-corrected chi connectivity index (χ3v) is 3.18. The van der Waals surface area contributed by atoms with Crippen molar-refractivity contribution in [1.82, 2.24) is 4.57 Å². The quantitative estimate of drug-likeness (QED) is 0.672. The standard InChI is InChI=1S/C14H9ClNO2/c1-16-12-8-10(9-5-3-2-4-6-9)7-11(15)13(12)18-14(16)17/h3-8H,1H3. The van der Waals surface area contributed by atoms with E-state index in [4.69, 9.17) is 16.0 Å². The summed E-state index contributed by atoms with van der Waals surface area (Å²) in [6, 6.07) is 14.2. The molecule has 3 rings (SSSR count). The van der Waals surface area contributed by atoms with Crippen LogP contribution in [0.1, 0.15) is 0 Å². The predicted molar refractivity (Wildman–Crippen MR) is 70.7 cm³/mol. The minimum Gasteiger partial charge on any atom is -0.406 e. The van der Waals surface area contributed by atoms with Crippen molar-refractivity contribution in [3.05, 3.63) is 58.0 Å². The number of nitrogens with zero attached hydrogens (tertiary/aromatic N) is 1. The number of fused-ring (bicyclic) bond motifs is 1. The van der Waals surface area contributed by atoms with Gasteiger partial charge in [0.15, 0.2) is 5.58 Å². The number of rotatable bonds is 1. The van der Waals surface area contributed by atoms with Crippen LogP contribution in [0.5, 0.6) is 0 Å². The summed E-state index contributed by atoms with van der Waals surface area (Å²) < 4.78 is 6.53. The van der Waals surface area contributed by atoms with Gasteiger partial charge in [-0.1, -0.05) is 35.9 Å². The van der Waals surface area contributed by atoms with Gasteiger partial charge in [-0.3, -0.25) is 4.57 Å². The highest BCUT2D eigenvalue weighted by atomic mass is 35.5. The highest BCUT2D eigenvalue weighted by Gasteiger charge is 2.11. The molecule has 0 bridgehead atoms. The van der Waals surface area contributed by atoms with Crippen LogP contribution in [0.15, 0.2) is 45.6 Å². The molecule has 0 unspecified atom stereocenters. The van der Waals surface area contributed by atoms with Crippen LogP contribution in [0.25, 0.3) is 22.2 Å². The van der Waals surface area contributed by atoms with Crippen molar-refractivity contribution in [2.45, 2.75) is 0 Å². The van der Waals surface area contributed by atoms with Crippen LogP contribution in [0.4, 0.5) is 0 Å². The van der Waals surface area contributed by atoms with Crippen LogP contribution in [-0.2, 0) is 7.05 Å². The minimum atomic E-state index is -0.412. The summed E-state index contributed by atoms with van der Waals surface area (Å²) in [6.07, 6.45) is 0. The molecule has 0 aliphatic carbocycles. The van der Waals surface area contributed by atoms with Gasteiger partial charge < -0.3 is 4.42 Å². The van der Waals surface area contributed by atoms with E-state index in [1.165, 1.54) is 4.57 Å². The van der Waals surface area contributed by atoms with Gasteiger partial charge in [0.25, 0.3) is 0 Å². The van der Waals surface area contributed by atoms with Crippen molar-refractivity contribution in [2.75, 3.05) is 0 Å². The molecule has 0 amide bonds. The molecular formula is C14H9ClNO2. The van der Waals surface area contributed by atoms with Gasteiger partial charge in [0.2, 0.25) is 0 Å². The van der Waals surface area contributed by atoms with Gasteiger partial charge in [-0.2, -0.15) is 0 Å². The summed E-state index contributed by atoms with van der Waals surface area (Å²) in [7, 11) is 1.66. The number of hydrogen-bond donors (Lipinski definition) is 0. The third-order valence-electron chi connectivity index (χ3n) is 2.90. The van der Waals surface area contributed by atoms with Crippen LogP contribution in [0, 0.1) is 6.07 Å². The first-order valence-corrected chi connectivity index (χ1v) is 5.80. The van der Waals surface area contributed by atoms with E-state index in [9.17, 15) is 4.79 Å². The fourth-order valence-corrected chi connectivity index (χ4v) is 2.18. The molecule has 18 heavy (non-hydrogen) atoms. The molecule has 0 N–H and O–H groups in total. The number of halogens is 1. The van der Waals surface area contributed by atoms with E-state index >= 15 is 0 Å². The second kappa shape index (κ2) is 4.03. The molecule has 0 saturated heterocycles. The summed E-state index contributed by atoms with van der Waals surface area (Å²) >= 11 is 6.14. The van der Waals surface area contributed by atoms with Gasteiger partial charge in [-0.05, 0) is 29.3 Å². The zero-order valence-electron chi connectivity index (χ0n) is 9.61. The maximum atomic E-state index is 11.5. The van der Waals surface area contributed by atoms with Gasteiger partial charge in [-0.15, -0.1) is 0 Å². The molecule has 0 aliphatic heterocycles. The Balaban J connectivity index is 2.34. The molecule has 0 saturated carbocycles. The monoisotopic (exact) mass is 258 g/mol. The summed E-state index contributed by atoms with van der Waals surface area (Å²) in [5.74, 6) is -0.412. The molecule has 0 aliphatic rings. The van der Waals surface area contributed by atoms with Gasteiger partial charge in [0, 0.05) is 7.05 Å². The number of aromatic nitrogens is 1. The van der Waals surface area contributed by atoms with Crippen molar-refractivity contribution < 1.29 is 4.42 Å². The molecule has 1 aromatic heterocycles. The number of hydrogen-bond acceptors (Lipinski definition) is 2.